The Morgan fingerprint density at radius 3 is 2.46 bits per heavy atom. The Morgan fingerprint density at radius 2 is 1.86 bits per heavy atom. The minimum absolute atomic E-state index is 0.0153. The molecule has 152 valence electrons. The molecule has 0 unspecified atom stereocenters. The molecule has 0 bridgehead atoms. The van der Waals surface area contributed by atoms with Gasteiger partial charge in [-0.05, 0) is 56.4 Å². The lowest BCUT2D eigenvalue weighted by Gasteiger charge is -2.21. The van der Waals surface area contributed by atoms with Crippen molar-refractivity contribution in [1.29, 1.82) is 5.26 Å². The van der Waals surface area contributed by atoms with Crippen molar-refractivity contribution in [2.24, 2.45) is 0 Å². The van der Waals surface area contributed by atoms with E-state index < -0.39 is 39.9 Å². The van der Waals surface area contributed by atoms with Crippen molar-refractivity contribution in [3.8, 4) is 6.07 Å². The Kier molecular flexibility index (Phi) is 7.48. The van der Waals surface area contributed by atoms with E-state index in [2.05, 4.69) is 16.1 Å². The number of ether oxygens (including phenoxy) is 1. The van der Waals surface area contributed by atoms with E-state index in [1.54, 1.807) is 0 Å². The first-order valence-corrected chi connectivity index (χ1v) is 10.4. The quantitative estimate of drug-likeness (QED) is 0.467. The van der Waals surface area contributed by atoms with Crippen LogP contribution in [0.4, 0.5) is 4.39 Å². The van der Waals surface area contributed by atoms with E-state index in [1.165, 1.54) is 0 Å². The van der Waals surface area contributed by atoms with Gasteiger partial charge in [-0.2, -0.15) is 5.26 Å². The standard InChI is InChI=1S/C18H22FN3O5S/c19-14-5-7-15(8-6-14)28(25,26)21-11-3-4-17(24)27-12-16(23)22-18(13-20)9-1-2-10-18/h5-8,21H,1-4,9-12H2,(H,22,23). The minimum Gasteiger partial charge on any atom is -0.456 e. The van der Waals surface area contributed by atoms with Gasteiger partial charge in [0.2, 0.25) is 10.0 Å². The summed E-state index contributed by atoms with van der Waals surface area (Å²) in [7, 11) is -3.79. The number of nitrogens with zero attached hydrogens (tertiary/aromatic N) is 1. The fourth-order valence-electron chi connectivity index (χ4n) is 2.90. The zero-order chi connectivity index (χ0) is 20.6. The molecule has 1 aromatic rings. The second-order valence-corrected chi connectivity index (χ2v) is 8.33. The number of nitrogens with one attached hydrogen (secondary N) is 2. The SMILES string of the molecule is N#CC1(NC(=O)COC(=O)CCCNS(=O)(=O)c2ccc(F)cc2)CCCC1. The molecule has 1 saturated carbocycles. The van der Waals surface area contributed by atoms with Gasteiger partial charge in [0.15, 0.2) is 6.61 Å². The maximum absolute atomic E-state index is 12.8. The Hall–Kier alpha value is -2.51. The summed E-state index contributed by atoms with van der Waals surface area (Å²) in [6, 6.07) is 6.47. The Balaban J connectivity index is 1.66. The van der Waals surface area contributed by atoms with Crippen LogP contribution in [-0.2, 0) is 24.3 Å². The molecule has 0 aliphatic heterocycles. The number of rotatable bonds is 9. The van der Waals surface area contributed by atoms with Crippen LogP contribution in [0.25, 0.3) is 0 Å². The zero-order valence-electron chi connectivity index (χ0n) is 15.2. The molecule has 1 fully saturated rings. The number of hydrogen-bond acceptors (Lipinski definition) is 6. The number of benzene rings is 1. The Morgan fingerprint density at radius 1 is 1.21 bits per heavy atom. The van der Waals surface area contributed by atoms with E-state index in [-0.39, 0.29) is 24.3 Å². The lowest BCUT2D eigenvalue weighted by Crippen LogP contribution is -2.46. The third-order valence-corrected chi connectivity index (χ3v) is 5.86. The van der Waals surface area contributed by atoms with Gasteiger partial charge in [-0.25, -0.2) is 17.5 Å². The highest BCUT2D eigenvalue weighted by Crippen LogP contribution is 2.28. The number of hydrogen-bond donors (Lipinski definition) is 2. The molecule has 0 heterocycles. The van der Waals surface area contributed by atoms with Gasteiger partial charge in [-0.1, -0.05) is 0 Å². The predicted octanol–water partition coefficient (Wildman–Crippen LogP) is 1.38. The largest absolute Gasteiger partial charge is 0.456 e. The molecular formula is C18H22FN3O5S. The normalized spacial score (nSPS) is 15.6. The van der Waals surface area contributed by atoms with E-state index in [9.17, 15) is 27.7 Å². The van der Waals surface area contributed by atoms with E-state index in [4.69, 9.17) is 4.74 Å². The van der Waals surface area contributed by atoms with Gasteiger partial charge < -0.3 is 10.1 Å². The fourth-order valence-corrected chi connectivity index (χ4v) is 3.97. The van der Waals surface area contributed by atoms with Crippen molar-refractivity contribution in [2.75, 3.05) is 13.2 Å². The van der Waals surface area contributed by atoms with Gasteiger partial charge >= 0.3 is 5.97 Å². The first-order valence-electron chi connectivity index (χ1n) is 8.89. The molecule has 2 N–H and O–H groups in total. The molecule has 10 heteroatoms. The number of carbonyl (C=O) groups excluding carboxylic acids is 2. The molecule has 0 atom stereocenters. The highest BCUT2D eigenvalue weighted by molar-refractivity contribution is 7.89. The summed E-state index contributed by atoms with van der Waals surface area (Å²) in [5.41, 5.74) is -0.873. The van der Waals surface area contributed by atoms with Crippen LogP contribution in [0.5, 0.6) is 0 Å². The summed E-state index contributed by atoms with van der Waals surface area (Å²) in [4.78, 5) is 23.5. The lowest BCUT2D eigenvalue weighted by molar-refractivity contribution is -0.149. The molecular weight excluding hydrogens is 389 g/mol. The van der Waals surface area contributed by atoms with Crippen LogP contribution in [0.2, 0.25) is 0 Å². The van der Waals surface area contributed by atoms with Crippen LogP contribution in [0.3, 0.4) is 0 Å². The van der Waals surface area contributed by atoms with E-state index >= 15 is 0 Å². The summed E-state index contributed by atoms with van der Waals surface area (Å²) in [6.45, 7) is -0.498. The van der Waals surface area contributed by atoms with Gasteiger partial charge in [0, 0.05) is 13.0 Å². The van der Waals surface area contributed by atoms with E-state index in [1.807, 2.05) is 0 Å². The van der Waals surface area contributed by atoms with Crippen molar-refractivity contribution in [3.63, 3.8) is 0 Å². The monoisotopic (exact) mass is 411 g/mol. The molecule has 1 amide bonds. The average Bonchev–Trinajstić information content (AvgIpc) is 3.13. The molecule has 0 saturated heterocycles. The van der Waals surface area contributed by atoms with Crippen molar-refractivity contribution >= 4 is 21.9 Å². The van der Waals surface area contributed by atoms with Gasteiger partial charge in [-0.3, -0.25) is 9.59 Å². The summed E-state index contributed by atoms with van der Waals surface area (Å²) in [5.74, 6) is -1.72. The number of carbonyl (C=O) groups is 2. The van der Waals surface area contributed by atoms with Crippen LogP contribution in [0.1, 0.15) is 38.5 Å². The molecule has 0 aromatic heterocycles. The third kappa shape index (κ3) is 6.28. The summed E-state index contributed by atoms with van der Waals surface area (Å²) >= 11 is 0. The summed E-state index contributed by atoms with van der Waals surface area (Å²) in [6.07, 6.45) is 2.98. The van der Waals surface area contributed by atoms with E-state index in [0.717, 1.165) is 37.1 Å². The first kappa shape index (κ1) is 21.8. The molecule has 8 nitrogen and oxygen atoms in total. The van der Waals surface area contributed by atoms with Gasteiger partial charge in [-0.15, -0.1) is 0 Å². The highest BCUT2D eigenvalue weighted by Gasteiger charge is 2.35. The maximum Gasteiger partial charge on any atom is 0.306 e. The Labute approximate surface area is 163 Å². The number of amides is 1. The molecule has 1 aliphatic carbocycles. The number of halogens is 1. The van der Waals surface area contributed by atoms with Crippen LogP contribution in [0, 0.1) is 17.1 Å². The number of sulfonamides is 1. The summed E-state index contributed by atoms with van der Waals surface area (Å²) in [5, 5.41) is 11.8. The van der Waals surface area contributed by atoms with Gasteiger partial charge in [0.1, 0.15) is 11.4 Å². The molecule has 0 spiro atoms. The van der Waals surface area contributed by atoms with Crippen molar-refractivity contribution < 1.29 is 27.1 Å². The fraction of sp³-hybridized carbons (Fsp3) is 0.500. The zero-order valence-corrected chi connectivity index (χ0v) is 16.1. The topological polar surface area (TPSA) is 125 Å². The van der Waals surface area contributed by atoms with Gasteiger partial charge in [0.05, 0.1) is 11.0 Å². The predicted molar refractivity (Wildman–Crippen MR) is 96.7 cm³/mol. The molecule has 1 aromatic carbocycles. The highest BCUT2D eigenvalue weighted by atomic mass is 32.2. The van der Waals surface area contributed by atoms with Crippen molar-refractivity contribution in [2.45, 2.75) is 49.0 Å². The van der Waals surface area contributed by atoms with Crippen molar-refractivity contribution in [1.82, 2.24) is 10.0 Å². The first-order chi connectivity index (χ1) is 13.3. The Bertz CT molecular complexity index is 843. The van der Waals surface area contributed by atoms with Crippen molar-refractivity contribution in [3.05, 3.63) is 30.1 Å². The molecule has 1 aliphatic rings. The van der Waals surface area contributed by atoms with E-state index in [0.29, 0.717) is 12.8 Å². The number of nitriles is 1. The van der Waals surface area contributed by atoms with Crippen LogP contribution in [-0.4, -0.2) is 39.0 Å². The second-order valence-electron chi connectivity index (χ2n) is 6.57. The second kappa shape index (κ2) is 9.61. The maximum atomic E-state index is 12.8. The minimum atomic E-state index is -3.79. The average molecular weight is 411 g/mol. The van der Waals surface area contributed by atoms with Crippen LogP contribution in [0.15, 0.2) is 29.2 Å². The summed E-state index contributed by atoms with van der Waals surface area (Å²) < 4.78 is 44.0. The molecule has 0 radical (unpaired) electrons. The molecule has 28 heavy (non-hydrogen) atoms. The molecule has 2 rings (SSSR count). The lowest BCUT2D eigenvalue weighted by atomic mass is 10.00. The van der Waals surface area contributed by atoms with Crippen LogP contribution >= 0.6 is 0 Å². The van der Waals surface area contributed by atoms with Gasteiger partial charge in [0.25, 0.3) is 5.91 Å². The van der Waals surface area contributed by atoms with Crippen LogP contribution < -0.4 is 10.0 Å². The number of esters is 1. The third-order valence-electron chi connectivity index (χ3n) is 4.39. The smallest absolute Gasteiger partial charge is 0.306 e.